The van der Waals surface area contributed by atoms with Gasteiger partial charge in [0.05, 0.1) is 0 Å². The molecular weight excluding hydrogens is 346 g/mol. The second kappa shape index (κ2) is 6.44. The first-order chi connectivity index (χ1) is 10.2. The molecule has 0 aromatic carbocycles. The number of hydrogen-bond donors (Lipinski definition) is 0. The van der Waals surface area contributed by atoms with Gasteiger partial charge in [-0.1, -0.05) is 0 Å². The fourth-order valence-electron chi connectivity index (χ4n) is 2.61. The summed E-state index contributed by atoms with van der Waals surface area (Å²) in [6, 6.07) is 2.15. The summed E-state index contributed by atoms with van der Waals surface area (Å²) in [7, 11) is 0. The number of ether oxygens (including phenoxy) is 1. The van der Waals surface area contributed by atoms with Crippen LogP contribution in [0, 0.1) is 6.92 Å². The molecule has 0 bridgehead atoms. The van der Waals surface area contributed by atoms with E-state index in [2.05, 4.69) is 38.8 Å². The number of nitrogens with zero attached hydrogens (tertiary/aromatic N) is 3. The van der Waals surface area contributed by atoms with E-state index < -0.39 is 5.60 Å². The van der Waals surface area contributed by atoms with Crippen molar-refractivity contribution in [2.75, 3.05) is 24.5 Å². The molecular formula is C16H24BrN3O2. The molecule has 2 heterocycles. The lowest BCUT2D eigenvalue weighted by Gasteiger charge is -2.41. The topological polar surface area (TPSA) is 45.7 Å². The van der Waals surface area contributed by atoms with Gasteiger partial charge >= 0.3 is 6.09 Å². The largest absolute Gasteiger partial charge is 0.444 e. The van der Waals surface area contributed by atoms with Crippen LogP contribution in [0.4, 0.5) is 10.6 Å². The van der Waals surface area contributed by atoms with Crippen LogP contribution in [-0.2, 0) is 4.74 Å². The maximum Gasteiger partial charge on any atom is 0.410 e. The molecule has 0 unspecified atom stereocenters. The van der Waals surface area contributed by atoms with Gasteiger partial charge in [0, 0.05) is 36.3 Å². The minimum atomic E-state index is -0.461. The lowest BCUT2D eigenvalue weighted by Crippen LogP contribution is -2.55. The third kappa shape index (κ3) is 4.12. The van der Waals surface area contributed by atoms with Crippen LogP contribution < -0.4 is 4.90 Å². The maximum atomic E-state index is 12.2. The van der Waals surface area contributed by atoms with E-state index in [4.69, 9.17) is 4.74 Å². The molecule has 1 saturated heterocycles. The molecule has 2 rings (SSSR count). The first kappa shape index (κ1) is 17.1. The molecule has 0 spiro atoms. The number of aromatic nitrogens is 1. The molecule has 6 heteroatoms. The molecule has 1 aliphatic rings. The van der Waals surface area contributed by atoms with Crippen LogP contribution in [0.2, 0.25) is 0 Å². The Morgan fingerprint density at radius 1 is 1.41 bits per heavy atom. The van der Waals surface area contributed by atoms with Crippen molar-refractivity contribution in [3.8, 4) is 0 Å². The Kier molecular flexibility index (Phi) is 5.00. The van der Waals surface area contributed by atoms with Crippen molar-refractivity contribution in [3.05, 3.63) is 22.3 Å². The zero-order valence-corrected chi connectivity index (χ0v) is 15.5. The molecule has 1 atom stereocenters. The molecule has 1 amide bonds. The summed E-state index contributed by atoms with van der Waals surface area (Å²) >= 11 is 3.44. The highest BCUT2D eigenvalue weighted by Gasteiger charge is 2.31. The molecule has 5 nitrogen and oxygen atoms in total. The summed E-state index contributed by atoms with van der Waals surface area (Å²) in [6.45, 7) is 11.9. The zero-order chi connectivity index (χ0) is 16.5. The fraction of sp³-hybridized carbons (Fsp3) is 0.625. The van der Waals surface area contributed by atoms with Gasteiger partial charge in [0.25, 0.3) is 0 Å². The predicted molar refractivity (Wildman–Crippen MR) is 91.3 cm³/mol. The van der Waals surface area contributed by atoms with Gasteiger partial charge in [-0.15, -0.1) is 0 Å². The Bertz CT molecular complexity index is 557. The van der Waals surface area contributed by atoms with E-state index in [1.165, 1.54) is 0 Å². The van der Waals surface area contributed by atoms with Crippen LogP contribution in [0.5, 0.6) is 0 Å². The normalized spacial score (nSPS) is 19.3. The summed E-state index contributed by atoms with van der Waals surface area (Å²) in [6.07, 6.45) is 1.58. The van der Waals surface area contributed by atoms with Crippen molar-refractivity contribution in [2.45, 2.75) is 46.3 Å². The molecule has 0 saturated carbocycles. The Hall–Kier alpha value is -1.30. The van der Waals surface area contributed by atoms with Crippen molar-refractivity contribution >= 4 is 27.8 Å². The zero-order valence-electron chi connectivity index (χ0n) is 13.9. The highest BCUT2D eigenvalue weighted by Crippen LogP contribution is 2.24. The predicted octanol–water partition coefficient (Wildman–Crippen LogP) is 3.60. The highest BCUT2D eigenvalue weighted by atomic mass is 79.9. The Labute approximate surface area is 140 Å². The summed E-state index contributed by atoms with van der Waals surface area (Å²) < 4.78 is 6.46. The van der Waals surface area contributed by atoms with Crippen molar-refractivity contribution in [2.24, 2.45) is 0 Å². The Morgan fingerprint density at radius 3 is 2.64 bits per heavy atom. The number of carbonyl (C=O) groups excluding carboxylic acids is 1. The van der Waals surface area contributed by atoms with Gasteiger partial charge in [0.15, 0.2) is 0 Å². The summed E-state index contributed by atoms with van der Waals surface area (Å²) in [4.78, 5) is 20.8. The van der Waals surface area contributed by atoms with Gasteiger partial charge in [0.1, 0.15) is 11.4 Å². The Balaban J connectivity index is 2.05. The monoisotopic (exact) mass is 369 g/mol. The van der Waals surface area contributed by atoms with E-state index in [9.17, 15) is 4.79 Å². The van der Waals surface area contributed by atoms with Crippen LogP contribution >= 0.6 is 15.9 Å². The molecule has 1 fully saturated rings. The standard InChI is InChI=1S/C16H24BrN3O2/c1-11-8-13(17)9-18-14(11)19-6-7-20(12(2)10-19)15(21)22-16(3,4)5/h8-9,12H,6-7,10H2,1-5H3/t12-/m1/s1. The van der Waals surface area contributed by atoms with Gasteiger partial charge in [-0.2, -0.15) is 0 Å². The second-order valence-electron chi connectivity index (χ2n) is 6.76. The molecule has 22 heavy (non-hydrogen) atoms. The number of pyridine rings is 1. The van der Waals surface area contributed by atoms with E-state index >= 15 is 0 Å². The maximum absolute atomic E-state index is 12.2. The number of hydrogen-bond acceptors (Lipinski definition) is 4. The smallest absolute Gasteiger partial charge is 0.410 e. The van der Waals surface area contributed by atoms with Gasteiger partial charge < -0.3 is 14.5 Å². The van der Waals surface area contributed by atoms with Crippen molar-refractivity contribution < 1.29 is 9.53 Å². The number of amides is 1. The van der Waals surface area contributed by atoms with E-state index in [1.54, 1.807) is 4.90 Å². The molecule has 0 radical (unpaired) electrons. The lowest BCUT2D eigenvalue weighted by molar-refractivity contribution is 0.0158. The first-order valence-corrected chi connectivity index (χ1v) is 8.33. The average molecular weight is 370 g/mol. The molecule has 0 N–H and O–H groups in total. The minimum absolute atomic E-state index is 0.0912. The van der Waals surface area contributed by atoms with Gasteiger partial charge in [-0.05, 0) is 62.2 Å². The second-order valence-corrected chi connectivity index (χ2v) is 7.68. The number of anilines is 1. The molecule has 1 aliphatic heterocycles. The number of halogens is 1. The van der Waals surface area contributed by atoms with E-state index in [1.807, 2.05) is 33.9 Å². The molecule has 0 aliphatic carbocycles. The van der Waals surface area contributed by atoms with E-state index in [0.29, 0.717) is 6.54 Å². The van der Waals surface area contributed by atoms with Crippen LogP contribution in [0.25, 0.3) is 0 Å². The van der Waals surface area contributed by atoms with Crippen molar-refractivity contribution in [1.29, 1.82) is 0 Å². The number of aryl methyl sites for hydroxylation is 1. The van der Waals surface area contributed by atoms with Gasteiger partial charge in [-0.25, -0.2) is 9.78 Å². The van der Waals surface area contributed by atoms with Crippen LogP contribution in [0.15, 0.2) is 16.7 Å². The molecule has 122 valence electrons. The van der Waals surface area contributed by atoms with Crippen LogP contribution in [0.1, 0.15) is 33.3 Å². The Morgan fingerprint density at radius 2 is 2.09 bits per heavy atom. The number of piperazine rings is 1. The minimum Gasteiger partial charge on any atom is -0.444 e. The summed E-state index contributed by atoms with van der Waals surface area (Å²) in [5.74, 6) is 0.985. The third-order valence-electron chi connectivity index (χ3n) is 3.57. The number of rotatable bonds is 1. The van der Waals surface area contributed by atoms with E-state index in [0.717, 1.165) is 28.9 Å². The molecule has 1 aromatic heterocycles. The summed E-state index contributed by atoms with van der Waals surface area (Å²) in [5.41, 5.74) is 0.671. The van der Waals surface area contributed by atoms with E-state index in [-0.39, 0.29) is 12.1 Å². The third-order valence-corrected chi connectivity index (χ3v) is 4.01. The SMILES string of the molecule is Cc1cc(Br)cnc1N1CCN(C(=O)OC(C)(C)C)[C@H](C)C1. The highest BCUT2D eigenvalue weighted by molar-refractivity contribution is 9.10. The lowest BCUT2D eigenvalue weighted by atomic mass is 10.1. The van der Waals surface area contributed by atoms with Crippen LogP contribution in [0.3, 0.4) is 0 Å². The molecule has 1 aromatic rings. The average Bonchev–Trinajstić information content (AvgIpc) is 2.36. The van der Waals surface area contributed by atoms with Crippen LogP contribution in [-0.4, -0.2) is 47.3 Å². The number of carbonyl (C=O) groups is 1. The fourth-order valence-corrected chi connectivity index (χ4v) is 3.05. The summed E-state index contributed by atoms with van der Waals surface area (Å²) in [5, 5.41) is 0. The first-order valence-electron chi connectivity index (χ1n) is 7.54. The van der Waals surface area contributed by atoms with Gasteiger partial charge in [-0.3, -0.25) is 0 Å². The van der Waals surface area contributed by atoms with Gasteiger partial charge in [0.2, 0.25) is 0 Å². The van der Waals surface area contributed by atoms with Crippen molar-refractivity contribution in [3.63, 3.8) is 0 Å². The quantitative estimate of drug-likeness (QED) is 0.758. The van der Waals surface area contributed by atoms with Crippen molar-refractivity contribution in [1.82, 2.24) is 9.88 Å².